The summed E-state index contributed by atoms with van der Waals surface area (Å²) in [6.07, 6.45) is 5.93. The van der Waals surface area contributed by atoms with Gasteiger partial charge in [0.05, 0.1) is 0 Å². The van der Waals surface area contributed by atoms with Crippen LogP contribution in [0.5, 0.6) is 0 Å². The predicted octanol–water partition coefficient (Wildman–Crippen LogP) is 7.03. The molecule has 3 rings (SSSR count). The van der Waals surface area contributed by atoms with E-state index < -0.39 is 0 Å². The van der Waals surface area contributed by atoms with Gasteiger partial charge in [0.1, 0.15) is 0 Å². The van der Waals surface area contributed by atoms with Crippen LogP contribution in [0.4, 0.5) is 0 Å². The highest BCUT2D eigenvalue weighted by Gasteiger charge is 2.22. The zero-order chi connectivity index (χ0) is 17.3. The number of aryl methyl sites for hydroxylation is 1. The summed E-state index contributed by atoms with van der Waals surface area (Å²) in [6.45, 7) is 11.5. The second-order valence-electron chi connectivity index (χ2n) is 7.47. The molecule has 0 saturated carbocycles. The molecule has 1 atom stereocenters. The first-order valence-electron chi connectivity index (χ1n) is 9.51. The zero-order valence-electron chi connectivity index (χ0n) is 15.8. The fourth-order valence-electron chi connectivity index (χ4n) is 3.90. The molecule has 0 radical (unpaired) electrons. The molecule has 0 aromatic heterocycles. The molecule has 0 amide bonds. The van der Waals surface area contributed by atoms with Crippen LogP contribution < -0.4 is 0 Å². The van der Waals surface area contributed by atoms with E-state index in [1.165, 1.54) is 39.8 Å². The number of hydrogen-bond acceptors (Lipinski definition) is 0. The number of benzene rings is 2. The molecule has 0 spiro atoms. The van der Waals surface area contributed by atoms with Crippen molar-refractivity contribution in [3.63, 3.8) is 0 Å². The van der Waals surface area contributed by atoms with Gasteiger partial charge in [-0.25, -0.2) is 0 Å². The van der Waals surface area contributed by atoms with Gasteiger partial charge in [0, 0.05) is 0 Å². The highest BCUT2D eigenvalue weighted by Crippen LogP contribution is 2.41. The Balaban J connectivity index is 2.23. The summed E-state index contributed by atoms with van der Waals surface area (Å²) in [5, 5.41) is 0. The summed E-state index contributed by atoms with van der Waals surface area (Å²) in [5.74, 6) is 1.22. The van der Waals surface area contributed by atoms with Crippen LogP contribution in [-0.2, 0) is 12.8 Å². The van der Waals surface area contributed by atoms with Crippen molar-refractivity contribution in [1.82, 2.24) is 0 Å². The maximum absolute atomic E-state index is 2.50. The molecule has 2 aromatic carbocycles. The quantitative estimate of drug-likeness (QED) is 0.555. The van der Waals surface area contributed by atoms with Crippen molar-refractivity contribution >= 4 is 6.08 Å². The Morgan fingerprint density at radius 2 is 1.71 bits per heavy atom. The molecule has 0 fully saturated rings. The fourth-order valence-corrected chi connectivity index (χ4v) is 3.90. The van der Waals surface area contributed by atoms with Gasteiger partial charge in [-0.2, -0.15) is 0 Å². The summed E-state index contributed by atoms with van der Waals surface area (Å²) in [5.41, 5.74) is 10.5. The average molecular weight is 319 g/mol. The van der Waals surface area contributed by atoms with Crippen LogP contribution in [0.25, 0.3) is 17.2 Å². The fraction of sp³-hybridized carbons (Fsp3) is 0.417. The van der Waals surface area contributed by atoms with Gasteiger partial charge in [0.15, 0.2) is 0 Å². The van der Waals surface area contributed by atoms with E-state index in [1.807, 2.05) is 0 Å². The van der Waals surface area contributed by atoms with Gasteiger partial charge in [0.25, 0.3) is 0 Å². The smallest absolute Gasteiger partial charge is 0.00549 e. The molecule has 1 aliphatic carbocycles. The summed E-state index contributed by atoms with van der Waals surface area (Å²) in [7, 11) is 0. The third kappa shape index (κ3) is 2.95. The molecule has 0 heteroatoms. The molecular formula is C24H30. The van der Waals surface area contributed by atoms with Gasteiger partial charge in [-0.1, -0.05) is 82.7 Å². The van der Waals surface area contributed by atoms with E-state index in [0.717, 1.165) is 12.8 Å². The van der Waals surface area contributed by atoms with E-state index in [-0.39, 0.29) is 0 Å². The van der Waals surface area contributed by atoms with E-state index in [2.05, 4.69) is 77.1 Å². The third-order valence-electron chi connectivity index (χ3n) is 5.62. The van der Waals surface area contributed by atoms with Crippen molar-refractivity contribution in [3.05, 3.63) is 64.2 Å². The Bertz CT molecular complexity index is 762. The third-order valence-corrected chi connectivity index (χ3v) is 5.62. The molecule has 24 heavy (non-hydrogen) atoms. The Morgan fingerprint density at radius 3 is 2.38 bits per heavy atom. The van der Waals surface area contributed by atoms with Crippen LogP contribution in [0.2, 0.25) is 0 Å². The Labute approximate surface area is 147 Å². The summed E-state index contributed by atoms with van der Waals surface area (Å²) < 4.78 is 0. The normalized spacial score (nSPS) is 14.7. The van der Waals surface area contributed by atoms with E-state index in [4.69, 9.17) is 0 Å². The van der Waals surface area contributed by atoms with Crippen molar-refractivity contribution in [2.45, 2.75) is 59.8 Å². The largest absolute Gasteiger partial charge is 0.0648 e. The van der Waals surface area contributed by atoms with Gasteiger partial charge in [-0.05, 0) is 64.5 Å². The van der Waals surface area contributed by atoms with E-state index in [0.29, 0.717) is 11.8 Å². The first-order chi connectivity index (χ1) is 11.6. The van der Waals surface area contributed by atoms with Gasteiger partial charge in [-0.15, -0.1) is 0 Å². The van der Waals surface area contributed by atoms with Crippen molar-refractivity contribution in [1.29, 1.82) is 0 Å². The highest BCUT2D eigenvalue weighted by atomic mass is 14.3. The molecule has 0 aliphatic heterocycles. The number of rotatable bonds is 5. The Hall–Kier alpha value is -1.82. The summed E-state index contributed by atoms with van der Waals surface area (Å²) >= 11 is 0. The molecule has 1 aliphatic rings. The second kappa shape index (κ2) is 6.97. The number of hydrogen-bond donors (Lipinski definition) is 0. The Kier molecular flexibility index (Phi) is 4.94. The Morgan fingerprint density at radius 1 is 0.958 bits per heavy atom. The van der Waals surface area contributed by atoms with Crippen molar-refractivity contribution in [2.24, 2.45) is 5.92 Å². The molecule has 1 unspecified atom stereocenters. The van der Waals surface area contributed by atoms with Crippen LogP contribution in [-0.4, -0.2) is 0 Å². The summed E-state index contributed by atoms with van der Waals surface area (Å²) in [4.78, 5) is 0. The number of fused-ring (bicyclic) bond motifs is 1. The first-order valence-corrected chi connectivity index (χ1v) is 9.51. The maximum Gasteiger partial charge on any atom is -0.00549 e. The van der Waals surface area contributed by atoms with Crippen LogP contribution in [0.3, 0.4) is 0 Å². The van der Waals surface area contributed by atoms with Gasteiger partial charge < -0.3 is 0 Å². The lowest BCUT2D eigenvalue weighted by Gasteiger charge is -2.18. The van der Waals surface area contributed by atoms with Crippen LogP contribution in [0, 0.1) is 5.92 Å². The zero-order valence-corrected chi connectivity index (χ0v) is 15.8. The van der Waals surface area contributed by atoms with Gasteiger partial charge in [0.2, 0.25) is 0 Å². The number of allylic oxidation sites excluding steroid dienone is 1. The van der Waals surface area contributed by atoms with E-state index >= 15 is 0 Å². The van der Waals surface area contributed by atoms with Crippen LogP contribution in [0.1, 0.15) is 69.2 Å². The molecule has 126 valence electrons. The van der Waals surface area contributed by atoms with E-state index in [1.54, 1.807) is 5.57 Å². The first kappa shape index (κ1) is 17.0. The summed E-state index contributed by atoms with van der Waals surface area (Å²) in [6, 6.07) is 13.7. The van der Waals surface area contributed by atoms with E-state index in [9.17, 15) is 0 Å². The molecule has 0 nitrogen and oxygen atoms in total. The predicted molar refractivity (Wildman–Crippen MR) is 106 cm³/mol. The minimum Gasteiger partial charge on any atom is -0.0648 e. The minimum absolute atomic E-state index is 0.543. The van der Waals surface area contributed by atoms with Crippen molar-refractivity contribution in [3.8, 4) is 11.1 Å². The maximum atomic E-state index is 2.50. The molecule has 2 aromatic rings. The lowest BCUT2D eigenvalue weighted by molar-refractivity contribution is 0.647. The lowest BCUT2D eigenvalue weighted by Crippen LogP contribution is -1.99. The molecule has 0 heterocycles. The monoisotopic (exact) mass is 318 g/mol. The molecule has 0 N–H and O–H groups in total. The van der Waals surface area contributed by atoms with Crippen LogP contribution >= 0.6 is 0 Å². The standard InChI is InChI=1S/C24H30/c1-6-17(5)20-14-19-13-12-18(7-2)24(23(19)15-20)22-11-9-8-10-21(22)16(3)4/h8-13,15-17H,6-7,14H2,1-5H3. The van der Waals surface area contributed by atoms with Gasteiger partial charge >= 0.3 is 0 Å². The lowest BCUT2D eigenvalue weighted by atomic mass is 9.86. The van der Waals surface area contributed by atoms with Crippen LogP contribution in [0.15, 0.2) is 42.0 Å². The molecular weight excluding hydrogens is 288 g/mol. The highest BCUT2D eigenvalue weighted by molar-refractivity contribution is 5.85. The topological polar surface area (TPSA) is 0 Å². The second-order valence-corrected chi connectivity index (χ2v) is 7.47. The SMILES string of the molecule is CCc1ccc2c(c1-c1ccccc1C(C)C)C=C(C(C)CC)C2. The average Bonchev–Trinajstić information content (AvgIpc) is 3.04. The molecule has 0 saturated heterocycles. The van der Waals surface area contributed by atoms with Crippen molar-refractivity contribution < 1.29 is 0 Å². The van der Waals surface area contributed by atoms with Crippen molar-refractivity contribution in [2.75, 3.05) is 0 Å². The van der Waals surface area contributed by atoms with Gasteiger partial charge in [-0.3, -0.25) is 0 Å². The molecule has 0 bridgehead atoms. The minimum atomic E-state index is 0.543.